The molecule has 1 aromatic heterocycles. The van der Waals surface area contributed by atoms with E-state index in [9.17, 15) is 9.59 Å². The Morgan fingerprint density at radius 2 is 1.89 bits per heavy atom. The van der Waals surface area contributed by atoms with Crippen LogP contribution in [0.5, 0.6) is 5.75 Å². The van der Waals surface area contributed by atoms with Crippen LogP contribution < -0.4 is 10.2 Å². The second kappa shape index (κ2) is 9.17. The lowest BCUT2D eigenvalue weighted by Gasteiger charge is -2.15. The number of rotatable bonds is 8. The number of allylic oxidation sites excluding steroid dienone is 3. The van der Waals surface area contributed by atoms with Gasteiger partial charge >= 0.3 is 0 Å². The largest absolute Gasteiger partial charge is 0.493 e. The Kier molecular flexibility index (Phi) is 6.94. The highest BCUT2D eigenvalue weighted by atomic mass is 16.5. The zero-order valence-corrected chi connectivity index (χ0v) is 16.5. The first-order valence-corrected chi connectivity index (χ1v) is 9.24. The minimum atomic E-state index is -0.252. The van der Waals surface area contributed by atoms with Gasteiger partial charge in [0, 0.05) is 30.1 Å². The number of benzene rings is 1. The summed E-state index contributed by atoms with van der Waals surface area (Å²) in [5.41, 5.74) is 3.40. The van der Waals surface area contributed by atoms with E-state index in [1.165, 1.54) is 6.92 Å². The van der Waals surface area contributed by atoms with Gasteiger partial charge in [-0.2, -0.15) is 0 Å². The number of carbonyl (C=O) groups excluding carboxylic acids is 1. The molecule has 0 saturated carbocycles. The Morgan fingerprint density at radius 1 is 1.19 bits per heavy atom. The van der Waals surface area contributed by atoms with Crippen molar-refractivity contribution in [2.75, 3.05) is 6.61 Å². The number of aromatic nitrogens is 1. The summed E-state index contributed by atoms with van der Waals surface area (Å²) >= 11 is 0. The van der Waals surface area contributed by atoms with Crippen molar-refractivity contribution in [3.63, 3.8) is 0 Å². The molecule has 1 heterocycles. The Balaban J connectivity index is 2.49. The Labute approximate surface area is 160 Å². The molecule has 4 nitrogen and oxygen atoms in total. The molecule has 0 atom stereocenters. The smallest absolute Gasteiger partial charge is 0.192 e. The standard InChI is InChI=1S/C23H27NO3/c1-6-12-24-15-20(18(5)25)22(26)14-21(24)17(4)13-16(3)19-10-8-9-11-23(19)27-7-2/h8-11,13-15H,3,6-7,12H2,1-2,4-5H3/b17-13+. The molecule has 0 saturated heterocycles. The van der Waals surface area contributed by atoms with Crippen LogP contribution >= 0.6 is 0 Å². The number of hydrogen-bond acceptors (Lipinski definition) is 3. The summed E-state index contributed by atoms with van der Waals surface area (Å²) in [5.74, 6) is 0.569. The van der Waals surface area contributed by atoms with Crippen molar-refractivity contribution in [1.82, 2.24) is 4.57 Å². The highest BCUT2D eigenvalue weighted by Crippen LogP contribution is 2.28. The van der Waals surface area contributed by atoms with Crippen molar-refractivity contribution in [2.45, 2.75) is 40.7 Å². The lowest BCUT2D eigenvalue weighted by Crippen LogP contribution is -2.18. The molecular formula is C23H27NO3. The molecule has 0 radical (unpaired) electrons. The van der Waals surface area contributed by atoms with E-state index in [2.05, 4.69) is 13.5 Å². The molecule has 0 fully saturated rings. The predicted octanol–water partition coefficient (Wildman–Crippen LogP) is 4.98. The third-order valence-electron chi connectivity index (χ3n) is 4.30. The number of pyridine rings is 1. The number of hydrogen-bond donors (Lipinski definition) is 0. The molecule has 0 aliphatic carbocycles. The van der Waals surface area contributed by atoms with Gasteiger partial charge in [0.2, 0.25) is 0 Å². The van der Waals surface area contributed by atoms with Crippen LogP contribution in [-0.2, 0) is 6.54 Å². The minimum Gasteiger partial charge on any atom is -0.493 e. The van der Waals surface area contributed by atoms with Gasteiger partial charge in [-0.1, -0.05) is 31.7 Å². The van der Waals surface area contributed by atoms with Gasteiger partial charge in [0.15, 0.2) is 11.2 Å². The second-order valence-corrected chi connectivity index (χ2v) is 6.47. The van der Waals surface area contributed by atoms with E-state index >= 15 is 0 Å². The van der Waals surface area contributed by atoms with Crippen LogP contribution in [0.1, 0.15) is 55.7 Å². The molecule has 0 amide bonds. The van der Waals surface area contributed by atoms with Crippen molar-refractivity contribution < 1.29 is 9.53 Å². The van der Waals surface area contributed by atoms with Gasteiger partial charge in [-0.15, -0.1) is 0 Å². The fraction of sp³-hybridized carbons (Fsp3) is 0.304. The summed E-state index contributed by atoms with van der Waals surface area (Å²) in [6.45, 7) is 12.9. The molecule has 27 heavy (non-hydrogen) atoms. The van der Waals surface area contributed by atoms with Gasteiger partial charge in [0.1, 0.15) is 5.75 Å². The van der Waals surface area contributed by atoms with Crippen LogP contribution in [0, 0.1) is 0 Å². The molecule has 0 aliphatic heterocycles. The predicted molar refractivity (Wildman–Crippen MR) is 111 cm³/mol. The number of ether oxygens (including phenoxy) is 1. The summed E-state index contributed by atoms with van der Waals surface area (Å²) in [5, 5.41) is 0. The SMILES string of the molecule is C=C(/C=C(\C)c1cc(=O)c(C(C)=O)cn1CCC)c1ccccc1OCC. The molecule has 142 valence electrons. The Bertz CT molecular complexity index is 935. The van der Waals surface area contributed by atoms with Crippen LogP contribution in [-0.4, -0.2) is 17.0 Å². The zero-order chi connectivity index (χ0) is 20.0. The van der Waals surface area contributed by atoms with Gasteiger partial charge in [-0.3, -0.25) is 9.59 Å². The molecule has 0 bridgehead atoms. The summed E-state index contributed by atoms with van der Waals surface area (Å²) in [7, 11) is 0. The third kappa shape index (κ3) is 4.85. The van der Waals surface area contributed by atoms with Crippen LogP contribution in [0.4, 0.5) is 0 Å². The molecule has 0 aliphatic rings. The van der Waals surface area contributed by atoms with Gasteiger partial charge in [0.05, 0.1) is 12.2 Å². The number of Topliss-reactive ketones (excluding diaryl/α,β-unsaturated/α-hetero) is 1. The van der Waals surface area contributed by atoms with Crippen LogP contribution in [0.25, 0.3) is 11.1 Å². The molecule has 1 aromatic carbocycles. The maximum absolute atomic E-state index is 12.3. The van der Waals surface area contributed by atoms with E-state index in [1.807, 2.05) is 48.8 Å². The van der Waals surface area contributed by atoms with Gasteiger partial charge in [0.25, 0.3) is 0 Å². The van der Waals surface area contributed by atoms with E-state index in [4.69, 9.17) is 4.74 Å². The number of ketones is 1. The van der Waals surface area contributed by atoms with Gasteiger partial charge < -0.3 is 9.30 Å². The zero-order valence-electron chi connectivity index (χ0n) is 16.5. The average Bonchev–Trinajstić information content (AvgIpc) is 2.63. The fourth-order valence-electron chi connectivity index (χ4n) is 3.03. The van der Waals surface area contributed by atoms with Crippen LogP contribution in [0.15, 0.2) is 54.0 Å². The number of nitrogens with zero attached hydrogens (tertiary/aromatic N) is 1. The Morgan fingerprint density at radius 3 is 2.52 bits per heavy atom. The van der Waals surface area contributed by atoms with Crippen molar-refractivity contribution in [3.8, 4) is 5.75 Å². The molecule has 0 unspecified atom stereocenters. The lowest BCUT2D eigenvalue weighted by atomic mass is 10.0. The maximum Gasteiger partial charge on any atom is 0.192 e. The highest BCUT2D eigenvalue weighted by Gasteiger charge is 2.12. The number of carbonyl (C=O) groups is 1. The summed E-state index contributed by atoms with van der Waals surface area (Å²) in [4.78, 5) is 24.0. The molecule has 2 rings (SSSR count). The topological polar surface area (TPSA) is 48.3 Å². The van der Waals surface area contributed by atoms with Crippen molar-refractivity contribution in [1.29, 1.82) is 0 Å². The summed E-state index contributed by atoms with van der Waals surface area (Å²) in [6, 6.07) is 9.30. The second-order valence-electron chi connectivity index (χ2n) is 6.47. The fourth-order valence-corrected chi connectivity index (χ4v) is 3.03. The monoisotopic (exact) mass is 365 g/mol. The van der Waals surface area contributed by atoms with Gasteiger partial charge in [-0.05, 0) is 50.5 Å². The van der Waals surface area contributed by atoms with Gasteiger partial charge in [-0.25, -0.2) is 0 Å². The molecule has 0 spiro atoms. The number of para-hydroxylation sites is 1. The maximum atomic E-state index is 12.3. The van der Waals surface area contributed by atoms with E-state index in [1.54, 1.807) is 12.3 Å². The normalized spacial score (nSPS) is 11.3. The molecular weight excluding hydrogens is 338 g/mol. The van der Waals surface area contributed by atoms with Crippen molar-refractivity contribution in [2.24, 2.45) is 0 Å². The third-order valence-corrected chi connectivity index (χ3v) is 4.30. The van der Waals surface area contributed by atoms with Crippen LogP contribution in [0.3, 0.4) is 0 Å². The van der Waals surface area contributed by atoms with Crippen molar-refractivity contribution in [3.05, 3.63) is 76.2 Å². The minimum absolute atomic E-state index is 0.215. The van der Waals surface area contributed by atoms with Crippen LogP contribution in [0.2, 0.25) is 0 Å². The average molecular weight is 365 g/mol. The highest BCUT2D eigenvalue weighted by molar-refractivity contribution is 5.94. The molecule has 0 N–H and O–H groups in total. The Hall–Kier alpha value is -2.88. The lowest BCUT2D eigenvalue weighted by molar-refractivity contribution is 0.101. The number of aryl methyl sites for hydroxylation is 1. The quantitative estimate of drug-likeness (QED) is 0.490. The summed E-state index contributed by atoms with van der Waals surface area (Å²) in [6.07, 6.45) is 4.51. The first-order valence-electron chi connectivity index (χ1n) is 9.24. The molecule has 2 aromatic rings. The molecule has 4 heteroatoms. The van der Waals surface area contributed by atoms with Crippen molar-refractivity contribution >= 4 is 16.9 Å². The first kappa shape index (κ1) is 20.4. The van der Waals surface area contributed by atoms with E-state index in [0.717, 1.165) is 41.1 Å². The first-order chi connectivity index (χ1) is 12.9. The van der Waals surface area contributed by atoms with E-state index < -0.39 is 0 Å². The van der Waals surface area contributed by atoms with E-state index in [-0.39, 0.29) is 16.8 Å². The van der Waals surface area contributed by atoms with E-state index in [0.29, 0.717) is 6.61 Å². The summed E-state index contributed by atoms with van der Waals surface area (Å²) < 4.78 is 7.65.